The molecule has 2 heterocycles. The molecular formula is C22H33N7. The lowest BCUT2D eigenvalue weighted by Crippen LogP contribution is -2.19. The van der Waals surface area contributed by atoms with Crippen molar-refractivity contribution in [2.45, 2.75) is 59.9 Å². The summed E-state index contributed by atoms with van der Waals surface area (Å²) in [4.78, 5) is 13.0. The number of pyridine rings is 1. The Morgan fingerprint density at radius 2 is 1.90 bits per heavy atom. The van der Waals surface area contributed by atoms with Crippen molar-refractivity contribution < 1.29 is 0 Å². The van der Waals surface area contributed by atoms with E-state index in [1.807, 2.05) is 37.6 Å². The van der Waals surface area contributed by atoms with E-state index < -0.39 is 0 Å². The summed E-state index contributed by atoms with van der Waals surface area (Å²) in [5.41, 5.74) is 5.53. The normalized spacial score (nSPS) is 10.2. The number of fused-ring (bicyclic) bond motifs is 3. The molecule has 0 aliphatic heterocycles. The van der Waals surface area contributed by atoms with Gasteiger partial charge in [0.2, 0.25) is 0 Å². The van der Waals surface area contributed by atoms with Crippen molar-refractivity contribution >= 4 is 28.3 Å². The fourth-order valence-electron chi connectivity index (χ4n) is 2.84. The first-order valence-electron chi connectivity index (χ1n) is 10.2. The van der Waals surface area contributed by atoms with Crippen LogP contribution in [-0.2, 0) is 13.6 Å². The summed E-state index contributed by atoms with van der Waals surface area (Å²) in [6, 6.07) is 7.59. The number of benzene rings is 1. The highest BCUT2D eigenvalue weighted by Crippen LogP contribution is 2.25. The first-order valence-corrected chi connectivity index (χ1v) is 10.2. The summed E-state index contributed by atoms with van der Waals surface area (Å²) in [7, 11) is 1.93. The highest BCUT2D eigenvalue weighted by molar-refractivity contribution is 6.02. The lowest BCUT2D eigenvalue weighted by Gasteiger charge is -2.03. The molecule has 0 spiro atoms. The van der Waals surface area contributed by atoms with Gasteiger partial charge in [-0.1, -0.05) is 53.4 Å². The predicted molar refractivity (Wildman–Crippen MR) is 121 cm³/mol. The lowest BCUT2D eigenvalue weighted by atomic mass is 10.1. The van der Waals surface area contributed by atoms with Crippen molar-refractivity contribution in [2.24, 2.45) is 17.9 Å². The van der Waals surface area contributed by atoms with Gasteiger partial charge >= 0.3 is 0 Å². The minimum atomic E-state index is 0.412. The lowest BCUT2D eigenvalue weighted by molar-refractivity contribution is 0.702. The van der Waals surface area contributed by atoms with Gasteiger partial charge in [0, 0.05) is 12.4 Å². The van der Waals surface area contributed by atoms with Gasteiger partial charge in [0.1, 0.15) is 11.3 Å². The summed E-state index contributed by atoms with van der Waals surface area (Å²) in [6.07, 6.45) is 8.69. The van der Waals surface area contributed by atoms with E-state index in [0.29, 0.717) is 12.1 Å². The van der Waals surface area contributed by atoms with Gasteiger partial charge in [-0.3, -0.25) is 9.98 Å². The predicted octanol–water partition coefficient (Wildman–Crippen LogP) is 4.60. The number of nitriles is 1. The third-order valence-electron chi connectivity index (χ3n) is 4.28. The maximum atomic E-state index is 9.06. The van der Waals surface area contributed by atoms with Gasteiger partial charge < -0.3 is 9.99 Å². The average molecular weight is 396 g/mol. The Morgan fingerprint density at radius 3 is 2.48 bits per heavy atom. The van der Waals surface area contributed by atoms with Crippen LogP contribution in [0, 0.1) is 11.3 Å². The van der Waals surface area contributed by atoms with E-state index in [1.165, 1.54) is 32.0 Å². The van der Waals surface area contributed by atoms with E-state index in [2.05, 4.69) is 40.3 Å². The number of hydrogen-bond acceptors (Lipinski definition) is 5. The van der Waals surface area contributed by atoms with E-state index in [9.17, 15) is 0 Å². The van der Waals surface area contributed by atoms with Crippen LogP contribution >= 0.6 is 0 Å². The number of nitrogens with one attached hydrogen (secondary N) is 1. The van der Waals surface area contributed by atoms with Crippen molar-refractivity contribution in [1.82, 2.24) is 20.0 Å². The van der Waals surface area contributed by atoms with Gasteiger partial charge in [0.05, 0.1) is 41.7 Å². The van der Waals surface area contributed by atoms with Crippen LogP contribution in [0.15, 0.2) is 29.4 Å². The molecule has 0 radical (unpaired) electrons. The maximum absolute atomic E-state index is 9.06. The van der Waals surface area contributed by atoms with Gasteiger partial charge in [-0.05, 0) is 18.2 Å². The minimum absolute atomic E-state index is 0.412. The van der Waals surface area contributed by atoms with Crippen molar-refractivity contribution in [1.29, 1.82) is 5.26 Å². The van der Waals surface area contributed by atoms with Gasteiger partial charge in [-0.2, -0.15) is 5.26 Å². The summed E-state index contributed by atoms with van der Waals surface area (Å²) in [5, 5.41) is 9.97. The average Bonchev–Trinajstić information content (AvgIpc) is 3.10. The minimum Gasteiger partial charge on any atom is -0.329 e. The topological polar surface area (TPSA) is 105 Å². The Labute approximate surface area is 173 Å². The molecule has 156 valence electrons. The number of aliphatic imine (C=N–C) groups is 1. The van der Waals surface area contributed by atoms with Crippen LogP contribution in [0.3, 0.4) is 0 Å². The zero-order valence-corrected chi connectivity index (χ0v) is 18.2. The molecule has 0 aliphatic rings. The number of aryl methyl sites for hydroxylation is 1. The molecule has 0 amide bonds. The van der Waals surface area contributed by atoms with Crippen LogP contribution in [0.5, 0.6) is 0 Å². The second kappa shape index (κ2) is 13.2. The zero-order chi connectivity index (χ0) is 21.6. The quantitative estimate of drug-likeness (QED) is 0.209. The van der Waals surface area contributed by atoms with Crippen LogP contribution in [0.25, 0.3) is 21.9 Å². The SMILES string of the molecule is CC.CCCCCC.Cn1c(CN=CNN)nc2cnc3ccc(C#N)cc3c21. The summed E-state index contributed by atoms with van der Waals surface area (Å²) in [6.45, 7) is 8.88. The Balaban J connectivity index is 0.000000454. The second-order valence-corrected chi connectivity index (χ2v) is 6.27. The number of imidazole rings is 1. The largest absolute Gasteiger partial charge is 0.329 e. The Morgan fingerprint density at radius 1 is 1.21 bits per heavy atom. The van der Waals surface area contributed by atoms with Crippen LogP contribution < -0.4 is 11.3 Å². The highest BCUT2D eigenvalue weighted by Gasteiger charge is 2.11. The van der Waals surface area contributed by atoms with Crippen LogP contribution in [0.2, 0.25) is 0 Å². The monoisotopic (exact) mass is 395 g/mol. The maximum Gasteiger partial charge on any atom is 0.131 e. The number of hydrazine groups is 1. The van der Waals surface area contributed by atoms with Crippen LogP contribution in [0.1, 0.15) is 64.8 Å². The van der Waals surface area contributed by atoms with E-state index in [0.717, 1.165) is 27.8 Å². The summed E-state index contributed by atoms with van der Waals surface area (Å²) in [5.74, 6) is 5.94. The first kappa shape index (κ1) is 24.1. The molecule has 0 bridgehead atoms. The highest BCUT2D eigenvalue weighted by atomic mass is 15.2. The van der Waals surface area contributed by atoms with Crippen LogP contribution in [-0.4, -0.2) is 20.9 Å². The van der Waals surface area contributed by atoms with Crippen molar-refractivity contribution in [3.63, 3.8) is 0 Å². The summed E-state index contributed by atoms with van der Waals surface area (Å²) < 4.78 is 1.97. The summed E-state index contributed by atoms with van der Waals surface area (Å²) >= 11 is 0. The fourth-order valence-corrected chi connectivity index (χ4v) is 2.84. The molecule has 0 unspecified atom stereocenters. The van der Waals surface area contributed by atoms with Gasteiger partial charge in [0.25, 0.3) is 0 Å². The van der Waals surface area contributed by atoms with E-state index in [1.54, 1.807) is 12.3 Å². The molecule has 7 heteroatoms. The number of aromatic nitrogens is 3. The smallest absolute Gasteiger partial charge is 0.131 e. The van der Waals surface area contributed by atoms with Gasteiger partial charge in [-0.15, -0.1) is 0 Å². The van der Waals surface area contributed by atoms with Crippen LogP contribution in [0.4, 0.5) is 0 Å². The second-order valence-electron chi connectivity index (χ2n) is 6.27. The molecule has 0 fully saturated rings. The molecule has 0 atom stereocenters. The molecule has 0 saturated carbocycles. The molecule has 2 aromatic heterocycles. The molecule has 3 rings (SSSR count). The molecular weight excluding hydrogens is 362 g/mol. The number of nitrogens with zero attached hydrogens (tertiary/aromatic N) is 5. The van der Waals surface area contributed by atoms with Gasteiger partial charge in [0.15, 0.2) is 0 Å². The Kier molecular flexibility index (Phi) is 11.0. The number of rotatable bonds is 6. The molecule has 3 aromatic rings. The standard InChI is InChI=1S/C14H13N7.C6H14.C2H6/c1-21-13(7-17-8-19-16)20-12-6-18-11-3-2-9(5-15)4-10(11)14(12)21;1-3-5-6-4-2;1-2/h2-4,6,8H,7,16H2,1H3,(H,17,19);3-6H2,1-2H3;1-2H3. The first-order chi connectivity index (χ1) is 14.2. The van der Waals surface area contributed by atoms with E-state index in [4.69, 9.17) is 11.1 Å². The fraction of sp³-hybridized carbons (Fsp3) is 0.455. The Hall–Kier alpha value is -2.98. The number of hydrogen-bond donors (Lipinski definition) is 2. The third-order valence-corrected chi connectivity index (χ3v) is 4.28. The Bertz CT molecular complexity index is 947. The van der Waals surface area contributed by atoms with Crippen molar-refractivity contribution in [3.05, 3.63) is 35.8 Å². The molecule has 0 saturated heterocycles. The zero-order valence-electron chi connectivity index (χ0n) is 18.2. The number of unbranched alkanes of at least 4 members (excludes halogenated alkanes) is 3. The van der Waals surface area contributed by atoms with Crippen molar-refractivity contribution in [3.8, 4) is 6.07 Å². The van der Waals surface area contributed by atoms with Crippen molar-refractivity contribution in [2.75, 3.05) is 0 Å². The molecule has 3 N–H and O–H groups in total. The number of nitrogens with two attached hydrogens (primary N) is 1. The molecule has 7 nitrogen and oxygen atoms in total. The molecule has 1 aromatic carbocycles. The van der Waals surface area contributed by atoms with E-state index >= 15 is 0 Å². The molecule has 29 heavy (non-hydrogen) atoms. The van der Waals surface area contributed by atoms with Gasteiger partial charge in [-0.25, -0.2) is 10.8 Å². The molecule has 0 aliphatic carbocycles. The third kappa shape index (κ3) is 6.54. The van der Waals surface area contributed by atoms with E-state index in [-0.39, 0.29) is 0 Å².